The van der Waals surface area contributed by atoms with E-state index in [1.165, 1.54) is 0 Å². The van der Waals surface area contributed by atoms with E-state index < -0.39 is 0 Å². The summed E-state index contributed by atoms with van der Waals surface area (Å²) in [5, 5.41) is 0. The highest BCUT2D eigenvalue weighted by atomic mass is 79.9. The molecule has 0 atom stereocenters. The second-order valence-electron chi connectivity index (χ2n) is 3.21. The zero-order chi connectivity index (χ0) is 6.08. The number of halogens is 1. The fourth-order valence-corrected chi connectivity index (χ4v) is 0. The Kier molecular flexibility index (Phi) is 4.88. The number of rotatable bonds is 1. The second-order valence-corrected chi connectivity index (χ2v) is 3.21. The number of nitrogens with zero attached hydrogens (tertiary/aromatic N) is 1. The second kappa shape index (κ2) is 3.46. The largest absolute Gasteiger partial charge is 1.00 e. The molecular weight excluding hydrogens is 166 g/mol. The van der Waals surface area contributed by atoms with Gasteiger partial charge in [-0.25, -0.2) is 0 Å². The number of hydrogen-bond acceptors (Lipinski definition) is 0. The van der Waals surface area contributed by atoms with Gasteiger partial charge in [-0.05, 0) is 13.8 Å². The molecule has 8 heavy (non-hydrogen) atoms. The third-order valence-electron chi connectivity index (χ3n) is 1.55. The van der Waals surface area contributed by atoms with Crippen LogP contribution in [0.5, 0.6) is 0 Å². The van der Waals surface area contributed by atoms with Crippen LogP contribution in [0, 0.1) is 0 Å². The van der Waals surface area contributed by atoms with Crippen LogP contribution in [0.1, 0.15) is 13.8 Å². The summed E-state index contributed by atoms with van der Waals surface area (Å²) < 4.78 is 1.06. The Morgan fingerprint density at radius 1 is 1.00 bits per heavy atom. The van der Waals surface area contributed by atoms with Crippen LogP contribution in [0.2, 0.25) is 0 Å². The van der Waals surface area contributed by atoms with Crippen molar-refractivity contribution in [3.05, 3.63) is 0 Å². The maximum atomic E-state index is 2.22. The van der Waals surface area contributed by atoms with E-state index in [2.05, 4.69) is 35.0 Å². The summed E-state index contributed by atoms with van der Waals surface area (Å²) in [6.07, 6.45) is 0. The summed E-state index contributed by atoms with van der Waals surface area (Å²) in [4.78, 5) is 0. The van der Waals surface area contributed by atoms with E-state index in [0.717, 1.165) is 10.5 Å². The maximum absolute atomic E-state index is 2.22. The van der Waals surface area contributed by atoms with Crippen LogP contribution in [-0.2, 0) is 0 Å². The molecule has 0 fully saturated rings. The van der Waals surface area contributed by atoms with Crippen LogP contribution in [0.3, 0.4) is 0 Å². The summed E-state index contributed by atoms with van der Waals surface area (Å²) >= 11 is 0. The molecule has 0 aromatic rings. The zero-order valence-electron chi connectivity index (χ0n) is 6.40. The van der Waals surface area contributed by atoms with Gasteiger partial charge >= 0.3 is 0 Å². The van der Waals surface area contributed by atoms with E-state index in [9.17, 15) is 0 Å². The lowest BCUT2D eigenvalue weighted by Crippen LogP contribution is -3.00. The Balaban J connectivity index is 0. The van der Waals surface area contributed by atoms with Gasteiger partial charge in [-0.2, -0.15) is 0 Å². The van der Waals surface area contributed by atoms with Crippen LogP contribution in [0.4, 0.5) is 0 Å². The Labute approximate surface area is 63.0 Å². The quantitative estimate of drug-likeness (QED) is 0.416. The first-order valence-corrected chi connectivity index (χ1v) is 2.75. The summed E-state index contributed by atoms with van der Waals surface area (Å²) in [7, 11) is 6.60. The van der Waals surface area contributed by atoms with Gasteiger partial charge in [0.1, 0.15) is 0 Å². The Morgan fingerprint density at radius 2 is 1.12 bits per heavy atom. The van der Waals surface area contributed by atoms with Gasteiger partial charge in [0.25, 0.3) is 0 Å². The van der Waals surface area contributed by atoms with E-state index in [1.807, 2.05) is 0 Å². The van der Waals surface area contributed by atoms with Crippen molar-refractivity contribution in [1.29, 1.82) is 0 Å². The molecule has 0 rings (SSSR count). The molecule has 0 aliphatic rings. The van der Waals surface area contributed by atoms with E-state index in [-0.39, 0.29) is 17.0 Å². The molecule has 0 saturated heterocycles. The molecule has 0 bridgehead atoms. The Morgan fingerprint density at radius 3 is 1.12 bits per heavy atom. The fraction of sp³-hybridized carbons (Fsp3) is 1.00. The third-order valence-corrected chi connectivity index (χ3v) is 1.55. The van der Waals surface area contributed by atoms with Crippen molar-refractivity contribution in [2.45, 2.75) is 19.9 Å². The van der Waals surface area contributed by atoms with Gasteiger partial charge in [0.15, 0.2) is 0 Å². The van der Waals surface area contributed by atoms with Crippen molar-refractivity contribution in [2.24, 2.45) is 0 Å². The molecule has 2 heteroatoms. The van der Waals surface area contributed by atoms with Crippen LogP contribution in [-0.4, -0.2) is 31.7 Å². The average Bonchev–Trinajstić information content (AvgIpc) is 1.31. The molecule has 0 unspecified atom stereocenters. The maximum Gasteiger partial charge on any atom is 0.0827 e. The van der Waals surface area contributed by atoms with Gasteiger partial charge in [-0.15, -0.1) is 0 Å². The van der Waals surface area contributed by atoms with Gasteiger partial charge < -0.3 is 21.5 Å². The SMILES string of the molecule is CC(C)[N+](C)(C)C.[Br-]. The average molecular weight is 182 g/mol. The topological polar surface area (TPSA) is 0 Å². The molecule has 0 saturated carbocycles. The standard InChI is InChI=1S/C6H16N.BrH/c1-6(2)7(3,4)5;/h6H,1-5H3;1H/q+1;/p-1. The van der Waals surface area contributed by atoms with Crippen LogP contribution < -0.4 is 17.0 Å². The first-order chi connectivity index (χ1) is 2.94. The normalized spacial score (nSPS) is 11.2. The van der Waals surface area contributed by atoms with E-state index in [0.29, 0.717) is 0 Å². The molecule has 0 aromatic heterocycles. The first-order valence-electron chi connectivity index (χ1n) is 2.75. The monoisotopic (exact) mass is 181 g/mol. The third kappa shape index (κ3) is 4.60. The summed E-state index contributed by atoms with van der Waals surface area (Å²) in [5.41, 5.74) is 0. The van der Waals surface area contributed by atoms with Crippen molar-refractivity contribution in [3.63, 3.8) is 0 Å². The van der Waals surface area contributed by atoms with Crippen molar-refractivity contribution in [1.82, 2.24) is 0 Å². The van der Waals surface area contributed by atoms with Crippen LogP contribution in [0.25, 0.3) is 0 Å². The van der Waals surface area contributed by atoms with Crippen molar-refractivity contribution >= 4 is 0 Å². The minimum Gasteiger partial charge on any atom is -1.00 e. The predicted octanol–water partition coefficient (Wildman–Crippen LogP) is -1.89. The highest BCUT2D eigenvalue weighted by molar-refractivity contribution is 4.31. The van der Waals surface area contributed by atoms with E-state index in [4.69, 9.17) is 0 Å². The van der Waals surface area contributed by atoms with E-state index >= 15 is 0 Å². The van der Waals surface area contributed by atoms with E-state index in [1.54, 1.807) is 0 Å². The number of hydrogen-bond donors (Lipinski definition) is 0. The molecule has 0 amide bonds. The zero-order valence-corrected chi connectivity index (χ0v) is 7.99. The minimum absolute atomic E-state index is 0. The number of quaternary nitrogens is 1. The molecule has 0 aliphatic carbocycles. The molecule has 1 nitrogen and oxygen atoms in total. The Bertz CT molecular complexity index is 54.0. The highest BCUT2D eigenvalue weighted by Gasteiger charge is 2.10. The van der Waals surface area contributed by atoms with Crippen LogP contribution in [0.15, 0.2) is 0 Å². The van der Waals surface area contributed by atoms with Crippen molar-refractivity contribution in [2.75, 3.05) is 21.1 Å². The van der Waals surface area contributed by atoms with Crippen molar-refractivity contribution < 1.29 is 21.5 Å². The molecule has 0 N–H and O–H groups in total. The molecule has 52 valence electrons. The molecule has 0 aromatic carbocycles. The lowest BCUT2D eigenvalue weighted by Gasteiger charge is -2.28. The molecule has 0 aliphatic heterocycles. The van der Waals surface area contributed by atoms with Crippen molar-refractivity contribution in [3.8, 4) is 0 Å². The Hall–Kier alpha value is 0.440. The van der Waals surface area contributed by atoms with Gasteiger partial charge in [0, 0.05) is 0 Å². The van der Waals surface area contributed by atoms with Gasteiger partial charge in [0.2, 0.25) is 0 Å². The molecule has 0 heterocycles. The fourth-order valence-electron chi connectivity index (χ4n) is 0. The molecule has 0 spiro atoms. The summed E-state index contributed by atoms with van der Waals surface area (Å²) in [6, 6.07) is 0.736. The molecular formula is C6H16BrN. The van der Waals surface area contributed by atoms with Gasteiger partial charge in [-0.1, -0.05) is 0 Å². The van der Waals surface area contributed by atoms with Gasteiger partial charge in [-0.3, -0.25) is 0 Å². The highest BCUT2D eigenvalue weighted by Crippen LogP contribution is 1.97. The van der Waals surface area contributed by atoms with Crippen LogP contribution >= 0.6 is 0 Å². The first kappa shape index (κ1) is 11.3. The smallest absolute Gasteiger partial charge is 0.0827 e. The van der Waals surface area contributed by atoms with Gasteiger partial charge in [0.05, 0.1) is 27.2 Å². The lowest BCUT2D eigenvalue weighted by atomic mass is 10.3. The molecule has 0 radical (unpaired) electrons. The minimum atomic E-state index is 0. The summed E-state index contributed by atoms with van der Waals surface area (Å²) in [5.74, 6) is 0. The predicted molar refractivity (Wildman–Crippen MR) is 33.2 cm³/mol. The summed E-state index contributed by atoms with van der Waals surface area (Å²) in [6.45, 7) is 4.44. The lowest BCUT2D eigenvalue weighted by molar-refractivity contribution is -0.891.